The number of hydrogen-bond acceptors (Lipinski definition) is 11. The van der Waals surface area contributed by atoms with Gasteiger partial charge in [0.05, 0.1) is 6.61 Å². The van der Waals surface area contributed by atoms with Gasteiger partial charge in [-0.15, -0.1) is 0 Å². The van der Waals surface area contributed by atoms with Crippen molar-refractivity contribution in [3.8, 4) is 0 Å². The summed E-state index contributed by atoms with van der Waals surface area (Å²) in [5.74, 6) is -1.97. The third-order valence-electron chi connectivity index (χ3n) is 11.2. The van der Waals surface area contributed by atoms with Crippen LogP contribution in [0.3, 0.4) is 0 Å². The van der Waals surface area contributed by atoms with Crippen LogP contribution >= 0.6 is 0 Å². The quantitative estimate of drug-likeness (QED) is 0.0260. The molecule has 0 bridgehead atoms. The van der Waals surface area contributed by atoms with Crippen molar-refractivity contribution >= 4 is 22.1 Å². The van der Waals surface area contributed by atoms with Crippen molar-refractivity contribution in [3.05, 3.63) is 0 Å². The molecule has 0 aromatic carbocycles. The molecule has 1 rings (SSSR count). The molecule has 0 amide bonds. The van der Waals surface area contributed by atoms with Crippen LogP contribution in [0.2, 0.25) is 0 Å². The average molecular weight is 851 g/mol. The van der Waals surface area contributed by atoms with Crippen molar-refractivity contribution in [2.75, 3.05) is 19.0 Å². The minimum absolute atomic E-state index is 0.168. The molecule has 1 aliphatic heterocycles. The van der Waals surface area contributed by atoms with E-state index in [0.717, 1.165) is 51.4 Å². The lowest BCUT2D eigenvalue weighted by Gasteiger charge is -2.40. The third kappa shape index (κ3) is 30.6. The minimum atomic E-state index is -4.59. The highest BCUT2D eigenvalue weighted by molar-refractivity contribution is 7.85. The number of esters is 2. The van der Waals surface area contributed by atoms with Crippen LogP contribution in [0.25, 0.3) is 0 Å². The fraction of sp³-hybridized carbons (Fsp3) is 0.956. The lowest BCUT2D eigenvalue weighted by molar-refractivity contribution is -0.297. The standard InChI is InChI=1S/C45H86O12S/c1-3-5-7-9-11-12-13-14-15-16-17-18-19-20-21-22-23-24-25-26-28-29-31-33-40(46)54-35-38(56-41(47)34-32-30-27-10-8-6-4-2)36-55-45-44(50)43(49)42(48)39(57-45)37-58(51,52)53/h38-39,42-45,48-50H,3-37H2,1-2H3,(H,51,52,53)/t38-,39+,42+,43?,44?,45-/m1/s1. The molecule has 2 unspecified atom stereocenters. The van der Waals surface area contributed by atoms with Gasteiger partial charge in [-0.2, -0.15) is 8.42 Å². The normalized spacial score (nSPS) is 20.3. The van der Waals surface area contributed by atoms with Crippen LogP contribution in [-0.4, -0.2) is 96.0 Å². The van der Waals surface area contributed by atoms with Gasteiger partial charge in [0.1, 0.15) is 36.8 Å². The van der Waals surface area contributed by atoms with E-state index in [1.807, 2.05) is 0 Å². The Morgan fingerprint density at radius 3 is 1.26 bits per heavy atom. The monoisotopic (exact) mass is 851 g/mol. The predicted octanol–water partition coefficient (Wildman–Crippen LogP) is 9.68. The largest absolute Gasteiger partial charge is 0.462 e. The number of rotatable bonds is 40. The summed E-state index contributed by atoms with van der Waals surface area (Å²) in [7, 11) is -4.59. The van der Waals surface area contributed by atoms with Crippen molar-refractivity contribution in [2.45, 2.75) is 256 Å². The molecular weight excluding hydrogens is 765 g/mol. The van der Waals surface area contributed by atoms with Gasteiger partial charge in [-0.1, -0.05) is 194 Å². The average Bonchev–Trinajstić information content (AvgIpc) is 3.18. The van der Waals surface area contributed by atoms with E-state index in [1.165, 1.54) is 128 Å². The SMILES string of the molecule is CCCCCCCCCCCCCCCCCCCCCCCCCC(=O)OC[C@H](CO[C@@H]1O[C@@H](CS(=O)(=O)O)[C@H](O)C(O)C1O)OC(=O)CCCCCCCCC. The van der Waals surface area contributed by atoms with Gasteiger partial charge in [0.15, 0.2) is 12.4 Å². The Labute approximate surface area is 353 Å². The fourth-order valence-corrected chi connectivity index (χ4v) is 8.19. The number of hydrogen-bond donors (Lipinski definition) is 4. The Bertz CT molecular complexity index is 1090. The molecule has 1 aliphatic rings. The van der Waals surface area contributed by atoms with E-state index < -0.39 is 71.2 Å². The Kier molecular flexibility index (Phi) is 34.2. The molecule has 0 radical (unpaired) electrons. The molecule has 13 heteroatoms. The molecule has 0 aromatic rings. The zero-order valence-corrected chi connectivity index (χ0v) is 37.5. The number of ether oxygens (including phenoxy) is 4. The zero-order valence-electron chi connectivity index (χ0n) is 36.7. The molecule has 4 N–H and O–H groups in total. The van der Waals surface area contributed by atoms with E-state index >= 15 is 0 Å². The van der Waals surface area contributed by atoms with Crippen LogP contribution in [0.5, 0.6) is 0 Å². The maximum Gasteiger partial charge on any atom is 0.306 e. The molecule has 12 nitrogen and oxygen atoms in total. The Morgan fingerprint density at radius 2 is 0.879 bits per heavy atom. The van der Waals surface area contributed by atoms with Crippen LogP contribution in [0.1, 0.15) is 219 Å². The molecule has 58 heavy (non-hydrogen) atoms. The van der Waals surface area contributed by atoms with Gasteiger partial charge < -0.3 is 34.3 Å². The van der Waals surface area contributed by atoms with Crippen LogP contribution in [0.4, 0.5) is 0 Å². The lowest BCUT2D eigenvalue weighted by Crippen LogP contribution is -2.60. The molecule has 0 aliphatic carbocycles. The molecule has 0 spiro atoms. The van der Waals surface area contributed by atoms with Gasteiger partial charge in [-0.25, -0.2) is 0 Å². The van der Waals surface area contributed by atoms with Gasteiger partial charge in [0.2, 0.25) is 0 Å². The molecule has 6 atom stereocenters. The van der Waals surface area contributed by atoms with Gasteiger partial charge in [-0.05, 0) is 12.8 Å². The van der Waals surface area contributed by atoms with Crippen LogP contribution in [0, 0.1) is 0 Å². The maximum atomic E-state index is 12.7. The van der Waals surface area contributed by atoms with Crippen molar-refractivity contribution < 1.29 is 56.8 Å². The summed E-state index contributed by atoms with van der Waals surface area (Å²) in [6.07, 6.45) is 27.7. The molecule has 344 valence electrons. The van der Waals surface area contributed by atoms with E-state index in [-0.39, 0.29) is 19.4 Å². The summed E-state index contributed by atoms with van der Waals surface area (Å²) in [6.45, 7) is 3.72. The molecule has 1 saturated heterocycles. The van der Waals surface area contributed by atoms with Crippen molar-refractivity contribution in [1.29, 1.82) is 0 Å². The highest BCUT2D eigenvalue weighted by Crippen LogP contribution is 2.24. The predicted molar refractivity (Wildman–Crippen MR) is 229 cm³/mol. The van der Waals surface area contributed by atoms with E-state index in [1.54, 1.807) is 0 Å². The van der Waals surface area contributed by atoms with Gasteiger partial charge in [-0.3, -0.25) is 14.1 Å². The Hall–Kier alpha value is -1.35. The highest BCUT2D eigenvalue weighted by Gasteiger charge is 2.46. The summed E-state index contributed by atoms with van der Waals surface area (Å²) >= 11 is 0. The van der Waals surface area contributed by atoms with E-state index in [2.05, 4.69) is 13.8 Å². The van der Waals surface area contributed by atoms with Crippen LogP contribution in [0.15, 0.2) is 0 Å². The third-order valence-corrected chi connectivity index (χ3v) is 11.9. The van der Waals surface area contributed by atoms with Gasteiger partial charge in [0.25, 0.3) is 10.1 Å². The molecule has 0 saturated carbocycles. The first-order valence-corrected chi connectivity index (χ1v) is 25.2. The Balaban J connectivity index is 2.25. The van der Waals surface area contributed by atoms with Crippen molar-refractivity contribution in [3.63, 3.8) is 0 Å². The summed E-state index contributed by atoms with van der Waals surface area (Å²) in [5, 5.41) is 30.8. The summed E-state index contributed by atoms with van der Waals surface area (Å²) in [4.78, 5) is 25.2. The lowest BCUT2D eigenvalue weighted by atomic mass is 10.00. The first kappa shape index (κ1) is 54.7. The van der Waals surface area contributed by atoms with E-state index in [4.69, 9.17) is 18.9 Å². The zero-order chi connectivity index (χ0) is 42.7. The second-order valence-electron chi connectivity index (χ2n) is 16.8. The van der Waals surface area contributed by atoms with Crippen LogP contribution < -0.4 is 0 Å². The van der Waals surface area contributed by atoms with Crippen molar-refractivity contribution in [1.82, 2.24) is 0 Å². The maximum absolute atomic E-state index is 12.7. The second kappa shape index (κ2) is 36.3. The van der Waals surface area contributed by atoms with Crippen molar-refractivity contribution in [2.24, 2.45) is 0 Å². The first-order chi connectivity index (χ1) is 28.0. The summed E-state index contributed by atoms with van der Waals surface area (Å²) < 4.78 is 53.9. The first-order valence-electron chi connectivity index (χ1n) is 23.6. The fourth-order valence-electron chi connectivity index (χ4n) is 7.50. The number of carbonyl (C=O) groups is 2. The smallest absolute Gasteiger partial charge is 0.306 e. The topological polar surface area (TPSA) is 186 Å². The molecule has 1 fully saturated rings. The number of carbonyl (C=O) groups excluding carboxylic acids is 2. The Morgan fingerprint density at radius 1 is 0.517 bits per heavy atom. The molecular formula is C45H86O12S. The summed E-state index contributed by atoms with van der Waals surface area (Å²) in [6, 6.07) is 0. The van der Waals surface area contributed by atoms with E-state index in [0.29, 0.717) is 12.8 Å². The second-order valence-corrected chi connectivity index (χ2v) is 18.3. The highest BCUT2D eigenvalue weighted by atomic mass is 32.2. The number of unbranched alkanes of at least 4 members (excludes halogenated alkanes) is 28. The molecule has 1 heterocycles. The number of aliphatic hydroxyl groups is 3. The number of aliphatic hydroxyl groups excluding tert-OH is 3. The van der Waals surface area contributed by atoms with E-state index in [9.17, 15) is 37.9 Å². The van der Waals surface area contributed by atoms with Gasteiger partial charge >= 0.3 is 11.9 Å². The summed E-state index contributed by atoms with van der Waals surface area (Å²) in [5.41, 5.74) is 0. The van der Waals surface area contributed by atoms with Gasteiger partial charge in [0, 0.05) is 12.8 Å². The minimum Gasteiger partial charge on any atom is -0.462 e. The van der Waals surface area contributed by atoms with Crippen LogP contribution in [-0.2, 0) is 38.7 Å². The molecule has 0 aromatic heterocycles.